The smallest absolute Gasteiger partial charge is 0.418 e. The molecular weight excluding hydrogens is 491 g/mol. The van der Waals surface area contributed by atoms with E-state index >= 15 is 0 Å². The highest BCUT2D eigenvalue weighted by molar-refractivity contribution is 6.06. The Morgan fingerprint density at radius 2 is 1.87 bits per heavy atom. The Kier molecular flexibility index (Phi) is 6.58. The average molecular weight is 523 g/mol. The number of imide groups is 1. The monoisotopic (exact) mass is 522 g/mol. The minimum Gasteiger partial charge on any atom is -0.427 e. The van der Waals surface area contributed by atoms with E-state index in [2.05, 4.69) is 10.6 Å². The molecule has 2 saturated heterocycles. The molecule has 2 N–H and O–H groups in total. The summed E-state index contributed by atoms with van der Waals surface area (Å²) in [5, 5.41) is 5.18. The number of halogens is 1. The summed E-state index contributed by atoms with van der Waals surface area (Å²) in [6, 6.07) is 10.5. The standard InChI is InChI=1S/C28H31FN4O5/c1-16(2)22-10-11-23(17-4-6-19(29)7-5-17)33(22)24(34)15-32-25(35)28(38-27(32)37)13-12-18-14-20(8-9-21(18)28)31-26(36)30-3/h4-9,14,16,22-23H,10-13,15H2,1-3H3,(H2,30,31,36)/t22-,23-,28+/m0/s1. The second kappa shape index (κ2) is 9.74. The predicted molar refractivity (Wildman–Crippen MR) is 137 cm³/mol. The predicted octanol–water partition coefficient (Wildman–Crippen LogP) is 4.09. The molecule has 2 aliphatic heterocycles. The van der Waals surface area contributed by atoms with Crippen LogP contribution in [0.25, 0.3) is 0 Å². The van der Waals surface area contributed by atoms with E-state index in [0.29, 0.717) is 24.1 Å². The Hall–Kier alpha value is -3.95. The summed E-state index contributed by atoms with van der Waals surface area (Å²) in [6.07, 6.45) is 1.38. The Morgan fingerprint density at radius 1 is 1.13 bits per heavy atom. The molecular formula is C28H31FN4O5. The molecule has 9 nitrogen and oxygen atoms in total. The van der Waals surface area contributed by atoms with Gasteiger partial charge in [0.1, 0.15) is 12.4 Å². The van der Waals surface area contributed by atoms with Crippen molar-refractivity contribution in [3.05, 3.63) is 65.0 Å². The Bertz CT molecular complexity index is 1300. The number of urea groups is 1. The van der Waals surface area contributed by atoms with Crippen molar-refractivity contribution in [3.63, 3.8) is 0 Å². The van der Waals surface area contributed by atoms with Crippen LogP contribution in [0.4, 0.5) is 19.7 Å². The number of carbonyl (C=O) groups is 4. The number of aryl methyl sites for hydroxylation is 1. The number of rotatable bonds is 5. The third-order valence-corrected chi connectivity index (χ3v) is 7.88. The maximum Gasteiger partial charge on any atom is 0.418 e. The number of benzene rings is 2. The van der Waals surface area contributed by atoms with E-state index in [-0.39, 0.29) is 42.2 Å². The Labute approximate surface area is 220 Å². The third kappa shape index (κ3) is 4.27. The zero-order valence-corrected chi connectivity index (χ0v) is 21.6. The summed E-state index contributed by atoms with van der Waals surface area (Å²) >= 11 is 0. The molecule has 0 bridgehead atoms. The topological polar surface area (TPSA) is 108 Å². The molecule has 5 amide bonds. The molecule has 3 atom stereocenters. The van der Waals surface area contributed by atoms with Crippen molar-refractivity contribution in [3.8, 4) is 0 Å². The van der Waals surface area contributed by atoms with Gasteiger partial charge in [0.2, 0.25) is 11.5 Å². The first-order chi connectivity index (χ1) is 18.1. The fourth-order valence-electron chi connectivity index (χ4n) is 6.00. The minimum atomic E-state index is -1.48. The van der Waals surface area contributed by atoms with Crippen LogP contribution in [0, 0.1) is 11.7 Å². The summed E-state index contributed by atoms with van der Waals surface area (Å²) in [5.41, 5.74) is 1.27. The van der Waals surface area contributed by atoms with Crippen LogP contribution in [0.5, 0.6) is 0 Å². The molecule has 0 unspecified atom stereocenters. The summed E-state index contributed by atoms with van der Waals surface area (Å²) in [6.45, 7) is 3.64. The van der Waals surface area contributed by atoms with Crippen LogP contribution in [0.1, 0.15) is 55.8 Å². The molecule has 2 heterocycles. The van der Waals surface area contributed by atoms with Crippen LogP contribution in [0.2, 0.25) is 0 Å². The summed E-state index contributed by atoms with van der Waals surface area (Å²) in [7, 11) is 1.51. The molecule has 5 rings (SSSR count). The fraction of sp³-hybridized carbons (Fsp3) is 0.429. The lowest BCUT2D eigenvalue weighted by atomic mass is 9.94. The van der Waals surface area contributed by atoms with E-state index in [0.717, 1.165) is 22.4 Å². The fourth-order valence-corrected chi connectivity index (χ4v) is 6.00. The first kappa shape index (κ1) is 25.7. The molecule has 0 radical (unpaired) electrons. The first-order valence-electron chi connectivity index (χ1n) is 12.9. The van der Waals surface area contributed by atoms with Crippen molar-refractivity contribution in [2.24, 2.45) is 5.92 Å². The molecule has 200 valence electrons. The normalized spacial score (nSPS) is 24.2. The van der Waals surface area contributed by atoms with E-state index in [1.165, 1.54) is 19.2 Å². The highest BCUT2D eigenvalue weighted by atomic mass is 19.1. The van der Waals surface area contributed by atoms with Gasteiger partial charge in [0.25, 0.3) is 5.91 Å². The molecule has 10 heteroatoms. The number of fused-ring (bicyclic) bond motifs is 2. The minimum absolute atomic E-state index is 0.0707. The van der Waals surface area contributed by atoms with Crippen LogP contribution in [-0.4, -0.2) is 53.4 Å². The number of carbonyl (C=O) groups excluding carboxylic acids is 4. The highest BCUT2D eigenvalue weighted by Crippen LogP contribution is 2.46. The van der Waals surface area contributed by atoms with E-state index < -0.39 is 24.1 Å². The lowest BCUT2D eigenvalue weighted by Gasteiger charge is -2.33. The van der Waals surface area contributed by atoms with Gasteiger partial charge in [0.05, 0.1) is 6.04 Å². The van der Waals surface area contributed by atoms with Gasteiger partial charge in [-0.1, -0.05) is 32.0 Å². The second-order valence-electron chi connectivity index (χ2n) is 10.4. The lowest BCUT2D eigenvalue weighted by Crippen LogP contribution is -2.47. The molecule has 2 aromatic carbocycles. The molecule has 0 aromatic heterocycles. The number of nitrogens with zero attached hydrogens (tertiary/aromatic N) is 2. The van der Waals surface area contributed by atoms with Crippen LogP contribution >= 0.6 is 0 Å². The lowest BCUT2D eigenvalue weighted by molar-refractivity contribution is -0.143. The van der Waals surface area contributed by atoms with Gasteiger partial charge in [-0.05, 0) is 60.6 Å². The number of amides is 5. The van der Waals surface area contributed by atoms with Crippen LogP contribution in [0.3, 0.4) is 0 Å². The van der Waals surface area contributed by atoms with E-state index in [9.17, 15) is 23.6 Å². The van der Waals surface area contributed by atoms with Crippen molar-refractivity contribution in [1.82, 2.24) is 15.1 Å². The maximum absolute atomic E-state index is 13.7. The van der Waals surface area contributed by atoms with Crippen molar-refractivity contribution >= 4 is 29.6 Å². The van der Waals surface area contributed by atoms with Crippen molar-refractivity contribution in [2.45, 2.75) is 57.2 Å². The molecule has 2 aromatic rings. The highest BCUT2D eigenvalue weighted by Gasteiger charge is 2.58. The average Bonchev–Trinajstić information content (AvgIpc) is 3.56. The van der Waals surface area contributed by atoms with Crippen LogP contribution in [-0.2, 0) is 26.3 Å². The number of hydrogen-bond acceptors (Lipinski definition) is 5. The molecule has 1 spiro atoms. The molecule has 0 saturated carbocycles. The maximum atomic E-state index is 13.7. The van der Waals surface area contributed by atoms with Gasteiger partial charge in [-0.3, -0.25) is 9.59 Å². The van der Waals surface area contributed by atoms with E-state index in [4.69, 9.17) is 4.74 Å². The quantitative estimate of drug-likeness (QED) is 0.615. The summed E-state index contributed by atoms with van der Waals surface area (Å²) in [5.74, 6) is -1.09. The summed E-state index contributed by atoms with van der Waals surface area (Å²) < 4.78 is 19.2. The van der Waals surface area contributed by atoms with E-state index in [1.54, 1.807) is 35.2 Å². The van der Waals surface area contributed by atoms with Gasteiger partial charge >= 0.3 is 12.1 Å². The Balaban J connectivity index is 1.38. The largest absolute Gasteiger partial charge is 0.427 e. The molecule has 38 heavy (non-hydrogen) atoms. The zero-order valence-electron chi connectivity index (χ0n) is 21.6. The van der Waals surface area contributed by atoms with Crippen LogP contribution < -0.4 is 10.6 Å². The van der Waals surface area contributed by atoms with Crippen molar-refractivity contribution in [1.29, 1.82) is 0 Å². The Morgan fingerprint density at radius 3 is 2.55 bits per heavy atom. The number of nitrogens with one attached hydrogen (secondary N) is 2. The van der Waals surface area contributed by atoms with Crippen molar-refractivity contribution in [2.75, 3.05) is 18.9 Å². The number of likely N-dealkylation sites (tertiary alicyclic amines) is 1. The van der Waals surface area contributed by atoms with E-state index in [1.807, 2.05) is 13.8 Å². The van der Waals surface area contributed by atoms with Gasteiger partial charge in [0.15, 0.2) is 0 Å². The number of anilines is 1. The second-order valence-corrected chi connectivity index (χ2v) is 10.4. The van der Waals surface area contributed by atoms with Crippen LogP contribution in [0.15, 0.2) is 42.5 Å². The SMILES string of the molecule is CNC(=O)Nc1ccc2c(c1)CC[C@@]21OC(=O)N(CC(=O)N2[C@H](c3ccc(F)cc3)CC[C@H]2C(C)C)C1=O. The van der Waals surface area contributed by atoms with Crippen molar-refractivity contribution < 1.29 is 28.3 Å². The molecule has 2 fully saturated rings. The molecule has 3 aliphatic rings. The molecule has 1 aliphatic carbocycles. The van der Waals surface area contributed by atoms with Gasteiger partial charge in [-0.15, -0.1) is 0 Å². The third-order valence-electron chi connectivity index (χ3n) is 7.88. The summed E-state index contributed by atoms with van der Waals surface area (Å²) in [4.78, 5) is 54.6. The van der Waals surface area contributed by atoms with Gasteiger partial charge in [0, 0.05) is 30.8 Å². The van der Waals surface area contributed by atoms with Gasteiger partial charge in [-0.2, -0.15) is 0 Å². The van der Waals surface area contributed by atoms with Gasteiger partial charge < -0.3 is 20.3 Å². The van der Waals surface area contributed by atoms with Gasteiger partial charge in [-0.25, -0.2) is 18.9 Å². The first-order valence-corrected chi connectivity index (χ1v) is 12.9. The zero-order chi connectivity index (χ0) is 27.2. The number of hydrogen-bond donors (Lipinski definition) is 2. The number of ether oxygens (including phenoxy) is 1.